The van der Waals surface area contributed by atoms with Crippen LogP contribution in [0.1, 0.15) is 23.2 Å². The molecule has 0 aromatic heterocycles. The molecule has 6 heteroatoms. The summed E-state index contributed by atoms with van der Waals surface area (Å²) >= 11 is 0. The molecule has 1 heterocycles. The summed E-state index contributed by atoms with van der Waals surface area (Å²) in [5.41, 5.74) is 6.42. The molecule has 0 saturated carbocycles. The smallest absolute Gasteiger partial charge is 0.253 e. The number of carbonyl (C=O) groups is 2. The lowest BCUT2D eigenvalue weighted by atomic mass is 10.1. The third kappa shape index (κ3) is 3.93. The molecule has 1 aromatic carbocycles. The number of carbonyl (C=O) groups excluding carboxylic acids is 2. The lowest BCUT2D eigenvalue weighted by molar-refractivity contribution is -0.126. The minimum absolute atomic E-state index is 0.0677. The van der Waals surface area contributed by atoms with Crippen molar-refractivity contribution in [3.63, 3.8) is 0 Å². The van der Waals surface area contributed by atoms with Gasteiger partial charge in [-0.25, -0.2) is 0 Å². The highest BCUT2D eigenvalue weighted by atomic mass is 16.5. The second-order valence-corrected chi connectivity index (χ2v) is 5.09. The van der Waals surface area contributed by atoms with Crippen molar-refractivity contribution >= 4 is 17.5 Å². The molecule has 6 nitrogen and oxygen atoms in total. The average molecular weight is 303 g/mol. The molecule has 1 fully saturated rings. The molecular formula is C16H21N3O3. The highest BCUT2D eigenvalue weighted by Gasteiger charge is 2.30. The van der Waals surface area contributed by atoms with Gasteiger partial charge in [0.15, 0.2) is 0 Å². The van der Waals surface area contributed by atoms with Crippen LogP contribution < -0.4 is 16.4 Å². The molecule has 4 N–H and O–H groups in total. The maximum atomic E-state index is 12.2. The van der Waals surface area contributed by atoms with Crippen LogP contribution in [-0.2, 0) is 9.53 Å². The first-order valence-corrected chi connectivity index (χ1v) is 7.30. The molecule has 118 valence electrons. The summed E-state index contributed by atoms with van der Waals surface area (Å²) in [6.07, 6.45) is 2.42. The lowest BCUT2D eigenvalue weighted by Crippen LogP contribution is -2.31. The van der Waals surface area contributed by atoms with Gasteiger partial charge >= 0.3 is 0 Å². The van der Waals surface area contributed by atoms with E-state index in [-0.39, 0.29) is 17.9 Å². The fourth-order valence-electron chi connectivity index (χ4n) is 2.34. The molecule has 0 spiro atoms. The molecule has 1 aliphatic heterocycles. The van der Waals surface area contributed by atoms with E-state index in [0.29, 0.717) is 30.8 Å². The van der Waals surface area contributed by atoms with E-state index < -0.39 is 6.10 Å². The van der Waals surface area contributed by atoms with Crippen LogP contribution in [-0.4, -0.2) is 37.1 Å². The van der Waals surface area contributed by atoms with Gasteiger partial charge in [0.1, 0.15) is 6.10 Å². The Kier molecular flexibility index (Phi) is 5.68. The summed E-state index contributed by atoms with van der Waals surface area (Å²) in [4.78, 5) is 24.3. The van der Waals surface area contributed by atoms with Crippen LogP contribution >= 0.6 is 0 Å². The number of ether oxygens (including phenoxy) is 1. The van der Waals surface area contributed by atoms with Gasteiger partial charge in [0.2, 0.25) is 0 Å². The highest BCUT2D eigenvalue weighted by Crippen LogP contribution is 2.22. The van der Waals surface area contributed by atoms with Crippen LogP contribution in [0.2, 0.25) is 0 Å². The van der Waals surface area contributed by atoms with Gasteiger partial charge in [0, 0.05) is 13.1 Å². The van der Waals surface area contributed by atoms with Gasteiger partial charge in [0.25, 0.3) is 11.8 Å². The topological polar surface area (TPSA) is 93.5 Å². The van der Waals surface area contributed by atoms with E-state index in [1.165, 1.54) is 0 Å². The van der Waals surface area contributed by atoms with E-state index in [4.69, 9.17) is 10.5 Å². The molecule has 0 aliphatic carbocycles. The summed E-state index contributed by atoms with van der Waals surface area (Å²) < 4.78 is 5.56. The highest BCUT2D eigenvalue weighted by molar-refractivity contribution is 6.04. The molecule has 2 rings (SSSR count). The zero-order valence-corrected chi connectivity index (χ0v) is 12.4. The number of anilines is 1. The Labute approximate surface area is 129 Å². The van der Waals surface area contributed by atoms with Gasteiger partial charge in [0.05, 0.1) is 17.4 Å². The van der Waals surface area contributed by atoms with E-state index in [9.17, 15) is 9.59 Å². The van der Waals surface area contributed by atoms with Crippen molar-refractivity contribution in [2.24, 2.45) is 5.73 Å². The molecule has 0 unspecified atom stereocenters. The molecule has 22 heavy (non-hydrogen) atoms. The average Bonchev–Trinajstić information content (AvgIpc) is 3.02. The van der Waals surface area contributed by atoms with Crippen molar-refractivity contribution in [3.05, 3.63) is 42.5 Å². The van der Waals surface area contributed by atoms with E-state index >= 15 is 0 Å². The number of amides is 2. The Morgan fingerprint density at radius 1 is 1.36 bits per heavy atom. The van der Waals surface area contributed by atoms with E-state index in [2.05, 4.69) is 17.2 Å². The number of rotatable bonds is 6. The first-order chi connectivity index (χ1) is 10.7. The summed E-state index contributed by atoms with van der Waals surface area (Å²) in [7, 11) is 0. The minimum Gasteiger partial charge on any atom is -0.364 e. The second-order valence-electron chi connectivity index (χ2n) is 5.09. The van der Waals surface area contributed by atoms with E-state index in [1.54, 1.807) is 30.3 Å². The largest absolute Gasteiger partial charge is 0.364 e. The van der Waals surface area contributed by atoms with Gasteiger partial charge in [-0.15, -0.1) is 6.58 Å². The van der Waals surface area contributed by atoms with Crippen molar-refractivity contribution in [2.75, 3.05) is 18.4 Å². The van der Waals surface area contributed by atoms with E-state index in [0.717, 1.165) is 6.42 Å². The van der Waals surface area contributed by atoms with Crippen molar-refractivity contribution in [1.29, 1.82) is 0 Å². The van der Waals surface area contributed by atoms with Gasteiger partial charge in [-0.1, -0.05) is 18.2 Å². The van der Waals surface area contributed by atoms with Gasteiger partial charge in [-0.05, 0) is 25.0 Å². The zero-order valence-electron chi connectivity index (χ0n) is 12.4. The quantitative estimate of drug-likeness (QED) is 0.685. The number of hydrogen-bond donors (Lipinski definition) is 3. The van der Waals surface area contributed by atoms with Crippen LogP contribution in [0.3, 0.4) is 0 Å². The monoisotopic (exact) mass is 303 g/mol. The molecule has 2 atom stereocenters. The first kappa shape index (κ1) is 16.2. The van der Waals surface area contributed by atoms with Gasteiger partial charge < -0.3 is 21.1 Å². The number of hydrogen-bond acceptors (Lipinski definition) is 4. The third-order valence-electron chi connectivity index (χ3n) is 3.50. The molecule has 0 radical (unpaired) electrons. The minimum atomic E-state index is -0.516. The lowest BCUT2D eigenvalue weighted by Gasteiger charge is -2.15. The molecular weight excluding hydrogens is 282 g/mol. The fraction of sp³-hybridized carbons (Fsp3) is 0.375. The fourth-order valence-corrected chi connectivity index (χ4v) is 2.34. The number of nitrogens with two attached hydrogens (primary N) is 1. The standard InChI is InChI=1S/C16H21N3O3/c1-2-9-18-15(20)12-5-3-4-6-13(12)19-16(21)14-8-7-11(10-17)22-14/h2-6,11,14H,1,7-10,17H2,(H,18,20)(H,19,21)/t11-,14+/m1/s1. The Balaban J connectivity index is 2.05. The molecule has 1 aromatic rings. The van der Waals surface area contributed by atoms with E-state index in [1.807, 2.05) is 0 Å². The predicted molar refractivity (Wildman–Crippen MR) is 84.6 cm³/mol. The van der Waals surface area contributed by atoms with Gasteiger partial charge in [-0.3, -0.25) is 9.59 Å². The predicted octanol–water partition coefficient (Wildman–Crippen LogP) is 1.05. The molecule has 2 amide bonds. The van der Waals surface area contributed by atoms with Crippen LogP contribution in [0.5, 0.6) is 0 Å². The summed E-state index contributed by atoms with van der Waals surface area (Å²) in [6, 6.07) is 6.86. The first-order valence-electron chi connectivity index (χ1n) is 7.30. The Hall–Kier alpha value is -2.18. The summed E-state index contributed by atoms with van der Waals surface area (Å²) in [5.74, 6) is -0.511. The zero-order chi connectivity index (χ0) is 15.9. The Morgan fingerprint density at radius 2 is 2.14 bits per heavy atom. The molecule has 1 saturated heterocycles. The SMILES string of the molecule is C=CCNC(=O)c1ccccc1NC(=O)[C@@H]1CC[C@H](CN)O1. The van der Waals surface area contributed by atoms with Crippen molar-refractivity contribution in [2.45, 2.75) is 25.0 Å². The van der Waals surface area contributed by atoms with Crippen molar-refractivity contribution < 1.29 is 14.3 Å². The Morgan fingerprint density at radius 3 is 2.82 bits per heavy atom. The van der Waals surface area contributed by atoms with Crippen LogP contribution in [0.15, 0.2) is 36.9 Å². The number of benzene rings is 1. The summed E-state index contributed by atoms with van der Waals surface area (Å²) in [5, 5.41) is 5.45. The second kappa shape index (κ2) is 7.72. The van der Waals surface area contributed by atoms with Crippen molar-refractivity contribution in [1.82, 2.24) is 5.32 Å². The number of para-hydroxylation sites is 1. The Bertz CT molecular complexity index is 559. The molecule has 0 bridgehead atoms. The van der Waals surface area contributed by atoms with Gasteiger partial charge in [-0.2, -0.15) is 0 Å². The third-order valence-corrected chi connectivity index (χ3v) is 3.50. The van der Waals surface area contributed by atoms with Crippen LogP contribution in [0.25, 0.3) is 0 Å². The number of nitrogens with one attached hydrogen (secondary N) is 2. The van der Waals surface area contributed by atoms with Crippen molar-refractivity contribution in [3.8, 4) is 0 Å². The van der Waals surface area contributed by atoms with Crippen LogP contribution in [0, 0.1) is 0 Å². The maximum absolute atomic E-state index is 12.2. The normalized spacial score (nSPS) is 20.4. The van der Waals surface area contributed by atoms with Crippen LogP contribution in [0.4, 0.5) is 5.69 Å². The maximum Gasteiger partial charge on any atom is 0.253 e. The molecule has 1 aliphatic rings. The summed E-state index contributed by atoms with van der Waals surface area (Å²) in [6.45, 7) is 4.33.